The summed E-state index contributed by atoms with van der Waals surface area (Å²) in [6.45, 7) is 0. The largest absolute Gasteiger partial charge is 0.321 e. The number of H-pyrrole nitrogens is 1. The van der Waals surface area contributed by atoms with Crippen molar-refractivity contribution in [3.05, 3.63) is 65.0 Å². The summed E-state index contributed by atoms with van der Waals surface area (Å²) in [5.41, 5.74) is 0.552. The molecular formula is C14H9FN2O. The van der Waals surface area contributed by atoms with Crippen LogP contribution in [0.2, 0.25) is 0 Å². The molecule has 3 nitrogen and oxygen atoms in total. The second-order valence-corrected chi connectivity index (χ2v) is 3.93. The summed E-state index contributed by atoms with van der Waals surface area (Å²) in [5, 5.41) is 0.399. The fourth-order valence-electron chi connectivity index (χ4n) is 1.97. The van der Waals surface area contributed by atoms with Crippen LogP contribution in [-0.4, -0.2) is 9.97 Å². The Labute approximate surface area is 102 Å². The third kappa shape index (κ3) is 1.59. The van der Waals surface area contributed by atoms with Crippen LogP contribution in [0.15, 0.2) is 53.6 Å². The summed E-state index contributed by atoms with van der Waals surface area (Å²) in [7, 11) is 0. The molecule has 3 aromatic rings. The number of para-hydroxylation sites is 1. The second kappa shape index (κ2) is 4.07. The van der Waals surface area contributed by atoms with E-state index in [0.717, 1.165) is 0 Å². The predicted octanol–water partition coefficient (Wildman–Crippen LogP) is 2.73. The molecule has 0 atom stereocenters. The Balaban J connectivity index is 2.41. The van der Waals surface area contributed by atoms with E-state index in [2.05, 4.69) is 9.97 Å². The van der Waals surface area contributed by atoms with Gasteiger partial charge in [-0.15, -0.1) is 0 Å². The number of aromatic nitrogens is 2. The molecule has 0 saturated heterocycles. The smallest absolute Gasteiger partial charge is 0.259 e. The van der Waals surface area contributed by atoms with E-state index in [4.69, 9.17) is 0 Å². The third-order valence-corrected chi connectivity index (χ3v) is 2.81. The molecule has 88 valence electrons. The van der Waals surface area contributed by atoms with Crippen molar-refractivity contribution < 1.29 is 4.39 Å². The van der Waals surface area contributed by atoms with Gasteiger partial charge in [0.05, 0.1) is 11.1 Å². The minimum Gasteiger partial charge on any atom is -0.321 e. The summed E-state index contributed by atoms with van der Waals surface area (Å²) in [6, 6.07) is 10.1. The molecule has 2 aromatic heterocycles. The van der Waals surface area contributed by atoms with Gasteiger partial charge in [0.25, 0.3) is 5.56 Å². The van der Waals surface area contributed by atoms with Crippen molar-refractivity contribution >= 4 is 10.9 Å². The summed E-state index contributed by atoms with van der Waals surface area (Å²) in [4.78, 5) is 18.5. The summed E-state index contributed by atoms with van der Waals surface area (Å²) in [6.07, 6.45) is 3.05. The monoisotopic (exact) mass is 240 g/mol. The van der Waals surface area contributed by atoms with E-state index in [-0.39, 0.29) is 5.56 Å². The molecule has 0 aliphatic heterocycles. The van der Waals surface area contributed by atoms with Crippen LogP contribution in [0.25, 0.3) is 22.0 Å². The van der Waals surface area contributed by atoms with Crippen LogP contribution in [0.1, 0.15) is 0 Å². The van der Waals surface area contributed by atoms with E-state index < -0.39 is 11.4 Å². The summed E-state index contributed by atoms with van der Waals surface area (Å²) >= 11 is 0. The van der Waals surface area contributed by atoms with Gasteiger partial charge in [-0.05, 0) is 18.2 Å². The van der Waals surface area contributed by atoms with Gasteiger partial charge in [-0.1, -0.05) is 18.2 Å². The number of hydrogen-bond acceptors (Lipinski definition) is 2. The Hall–Kier alpha value is -2.49. The molecule has 1 aromatic carbocycles. The highest BCUT2D eigenvalue weighted by Crippen LogP contribution is 2.23. The van der Waals surface area contributed by atoms with E-state index in [1.54, 1.807) is 42.6 Å². The van der Waals surface area contributed by atoms with E-state index in [9.17, 15) is 9.18 Å². The Kier molecular flexibility index (Phi) is 2.41. The van der Waals surface area contributed by atoms with Gasteiger partial charge in [-0.3, -0.25) is 9.78 Å². The number of nitrogens with one attached hydrogen (secondary N) is 1. The number of hydrogen-bond donors (Lipinski definition) is 1. The van der Waals surface area contributed by atoms with Crippen LogP contribution in [0.5, 0.6) is 0 Å². The SMILES string of the molecule is O=c1[nH]c2ccccc2c(F)c1-c1cccnc1. The molecule has 0 fully saturated rings. The van der Waals surface area contributed by atoms with Crippen molar-refractivity contribution in [3.63, 3.8) is 0 Å². The standard InChI is InChI=1S/C14H9FN2O/c15-13-10-5-1-2-6-11(10)17-14(18)12(13)9-4-3-7-16-8-9/h1-8H,(H,17,18). The molecule has 0 amide bonds. The van der Waals surface area contributed by atoms with E-state index in [0.29, 0.717) is 16.5 Å². The average molecular weight is 240 g/mol. The lowest BCUT2D eigenvalue weighted by Gasteiger charge is -2.05. The first kappa shape index (κ1) is 10.7. The molecule has 0 unspecified atom stereocenters. The predicted molar refractivity (Wildman–Crippen MR) is 67.8 cm³/mol. The lowest BCUT2D eigenvalue weighted by atomic mass is 10.1. The van der Waals surface area contributed by atoms with Gasteiger partial charge in [-0.2, -0.15) is 0 Å². The van der Waals surface area contributed by atoms with Gasteiger partial charge < -0.3 is 4.98 Å². The molecule has 18 heavy (non-hydrogen) atoms. The lowest BCUT2D eigenvalue weighted by Crippen LogP contribution is -2.11. The zero-order valence-electron chi connectivity index (χ0n) is 9.35. The van der Waals surface area contributed by atoms with Gasteiger partial charge in [0.2, 0.25) is 0 Å². The van der Waals surface area contributed by atoms with Gasteiger partial charge in [0.15, 0.2) is 0 Å². The molecule has 2 heterocycles. The van der Waals surface area contributed by atoms with E-state index in [1.165, 1.54) is 6.20 Å². The normalized spacial score (nSPS) is 10.7. The van der Waals surface area contributed by atoms with Gasteiger partial charge in [0.1, 0.15) is 5.82 Å². The number of nitrogens with zero attached hydrogens (tertiary/aromatic N) is 1. The zero-order valence-corrected chi connectivity index (χ0v) is 9.35. The highest BCUT2D eigenvalue weighted by Gasteiger charge is 2.13. The lowest BCUT2D eigenvalue weighted by molar-refractivity contribution is 0.640. The van der Waals surface area contributed by atoms with Crippen LogP contribution >= 0.6 is 0 Å². The van der Waals surface area contributed by atoms with Gasteiger partial charge in [0, 0.05) is 23.3 Å². The van der Waals surface area contributed by atoms with Crippen LogP contribution < -0.4 is 5.56 Å². The van der Waals surface area contributed by atoms with Crippen molar-refractivity contribution in [2.24, 2.45) is 0 Å². The number of pyridine rings is 2. The average Bonchev–Trinajstić information content (AvgIpc) is 2.40. The molecule has 0 bridgehead atoms. The quantitative estimate of drug-likeness (QED) is 0.710. The van der Waals surface area contributed by atoms with Crippen molar-refractivity contribution in [2.75, 3.05) is 0 Å². The van der Waals surface area contributed by atoms with Crippen LogP contribution in [0.4, 0.5) is 4.39 Å². The van der Waals surface area contributed by atoms with E-state index in [1.807, 2.05) is 0 Å². The second-order valence-electron chi connectivity index (χ2n) is 3.93. The van der Waals surface area contributed by atoms with Crippen molar-refractivity contribution in [1.29, 1.82) is 0 Å². The zero-order chi connectivity index (χ0) is 12.5. The van der Waals surface area contributed by atoms with Crippen molar-refractivity contribution in [1.82, 2.24) is 9.97 Å². The maximum absolute atomic E-state index is 14.4. The van der Waals surface area contributed by atoms with E-state index >= 15 is 0 Å². The molecular weight excluding hydrogens is 231 g/mol. The Bertz CT molecular complexity index is 766. The van der Waals surface area contributed by atoms with Crippen molar-refractivity contribution in [2.45, 2.75) is 0 Å². The molecule has 0 spiro atoms. The maximum Gasteiger partial charge on any atom is 0.259 e. The molecule has 3 rings (SSSR count). The van der Waals surface area contributed by atoms with Crippen LogP contribution in [0.3, 0.4) is 0 Å². The number of aromatic amines is 1. The fraction of sp³-hybridized carbons (Fsp3) is 0. The minimum atomic E-state index is -0.512. The van der Waals surface area contributed by atoms with Crippen LogP contribution in [-0.2, 0) is 0 Å². The fourth-order valence-corrected chi connectivity index (χ4v) is 1.97. The minimum absolute atomic E-state index is 0.0294. The number of rotatable bonds is 1. The number of fused-ring (bicyclic) bond motifs is 1. The van der Waals surface area contributed by atoms with Gasteiger partial charge in [-0.25, -0.2) is 4.39 Å². The molecule has 0 radical (unpaired) electrons. The number of halogens is 1. The first-order valence-corrected chi connectivity index (χ1v) is 5.48. The van der Waals surface area contributed by atoms with Crippen LogP contribution in [0, 0.1) is 5.82 Å². The van der Waals surface area contributed by atoms with Gasteiger partial charge >= 0.3 is 0 Å². The molecule has 0 aliphatic carbocycles. The first-order valence-electron chi connectivity index (χ1n) is 5.48. The topological polar surface area (TPSA) is 45.8 Å². The van der Waals surface area contributed by atoms with Crippen molar-refractivity contribution in [3.8, 4) is 11.1 Å². The molecule has 0 aliphatic rings. The number of benzene rings is 1. The highest BCUT2D eigenvalue weighted by molar-refractivity contribution is 5.84. The third-order valence-electron chi connectivity index (χ3n) is 2.81. The Morgan fingerprint density at radius 2 is 1.94 bits per heavy atom. The first-order chi connectivity index (χ1) is 8.77. The highest BCUT2D eigenvalue weighted by atomic mass is 19.1. The summed E-state index contributed by atoms with van der Waals surface area (Å²) in [5.74, 6) is -0.512. The Morgan fingerprint density at radius 1 is 1.11 bits per heavy atom. The maximum atomic E-state index is 14.4. The summed E-state index contributed by atoms with van der Waals surface area (Å²) < 4.78 is 14.4. The Morgan fingerprint density at radius 3 is 2.72 bits per heavy atom. The molecule has 0 saturated carbocycles. The molecule has 1 N–H and O–H groups in total. The molecule has 4 heteroatoms.